The Balaban J connectivity index is 4.27. The topological polar surface area (TPSA) is 93.8 Å². The van der Waals surface area contributed by atoms with Gasteiger partial charge in [0.2, 0.25) is 15.9 Å². The van der Waals surface area contributed by atoms with Crippen molar-refractivity contribution >= 4 is 15.9 Å². The van der Waals surface area contributed by atoms with Crippen molar-refractivity contribution in [3.05, 3.63) is 12.4 Å². The van der Waals surface area contributed by atoms with Crippen molar-refractivity contribution in [2.45, 2.75) is 6.92 Å². The molecule has 0 aromatic carbocycles. The molecule has 0 rings (SSSR count). The summed E-state index contributed by atoms with van der Waals surface area (Å²) in [5.74, 6) is 4.82. The Labute approximate surface area is 71.1 Å². The second-order valence-electron chi connectivity index (χ2n) is 2.07. The SMILES string of the molecule is C=C(/N=C(/C)ON)NS(C)(=O)=O. The fourth-order valence-electron chi connectivity index (χ4n) is 0.453. The lowest BCUT2D eigenvalue weighted by molar-refractivity contribution is 0.317. The lowest BCUT2D eigenvalue weighted by atomic mass is 10.7. The van der Waals surface area contributed by atoms with Gasteiger partial charge in [-0.05, 0) is 0 Å². The Morgan fingerprint density at radius 2 is 2.17 bits per heavy atom. The van der Waals surface area contributed by atoms with Crippen molar-refractivity contribution in [3.8, 4) is 0 Å². The zero-order valence-electron chi connectivity index (χ0n) is 6.86. The summed E-state index contributed by atoms with van der Waals surface area (Å²) in [6.45, 7) is 4.78. The number of nitrogens with two attached hydrogens (primary N) is 1. The number of nitrogens with one attached hydrogen (secondary N) is 1. The predicted octanol–water partition coefficient (Wildman–Crippen LogP) is -0.684. The van der Waals surface area contributed by atoms with E-state index in [0.29, 0.717) is 0 Å². The van der Waals surface area contributed by atoms with Gasteiger partial charge < -0.3 is 4.84 Å². The molecule has 0 radical (unpaired) electrons. The van der Waals surface area contributed by atoms with Gasteiger partial charge in [-0.25, -0.2) is 8.42 Å². The monoisotopic (exact) mass is 193 g/mol. The van der Waals surface area contributed by atoms with Gasteiger partial charge in [-0.2, -0.15) is 10.9 Å². The molecule has 0 spiro atoms. The smallest absolute Gasteiger partial charge is 0.230 e. The highest BCUT2D eigenvalue weighted by Gasteiger charge is 2.01. The molecule has 3 N–H and O–H groups in total. The molecule has 12 heavy (non-hydrogen) atoms. The highest BCUT2D eigenvalue weighted by molar-refractivity contribution is 7.88. The van der Waals surface area contributed by atoms with Gasteiger partial charge in [0.15, 0.2) is 0 Å². The molecule has 0 aliphatic rings. The van der Waals surface area contributed by atoms with Gasteiger partial charge >= 0.3 is 0 Å². The fourth-order valence-corrected chi connectivity index (χ4v) is 0.927. The van der Waals surface area contributed by atoms with Crippen LogP contribution in [0.2, 0.25) is 0 Å². The molecular formula is C5H11N3O3S. The summed E-state index contributed by atoms with van der Waals surface area (Å²) in [5, 5.41) is 0. The van der Waals surface area contributed by atoms with Crippen molar-refractivity contribution in [3.63, 3.8) is 0 Å². The maximum absolute atomic E-state index is 10.6. The van der Waals surface area contributed by atoms with Crippen molar-refractivity contribution in [2.75, 3.05) is 6.26 Å². The number of rotatable bonds is 3. The third-order valence-corrected chi connectivity index (χ3v) is 1.37. The van der Waals surface area contributed by atoms with Crippen LogP contribution in [0.4, 0.5) is 0 Å². The second kappa shape index (κ2) is 4.07. The van der Waals surface area contributed by atoms with Gasteiger partial charge in [0.05, 0.1) is 6.26 Å². The van der Waals surface area contributed by atoms with Crippen LogP contribution in [0, 0.1) is 0 Å². The van der Waals surface area contributed by atoms with E-state index < -0.39 is 10.0 Å². The van der Waals surface area contributed by atoms with E-state index in [4.69, 9.17) is 5.90 Å². The molecule has 0 saturated heterocycles. The Morgan fingerprint density at radius 3 is 2.50 bits per heavy atom. The molecule has 0 fully saturated rings. The third kappa shape index (κ3) is 5.69. The average Bonchev–Trinajstić information content (AvgIpc) is 1.82. The summed E-state index contributed by atoms with van der Waals surface area (Å²) in [6.07, 6.45) is 0.992. The molecule has 0 saturated carbocycles. The maximum Gasteiger partial charge on any atom is 0.230 e. The quantitative estimate of drug-likeness (QED) is 0.352. The van der Waals surface area contributed by atoms with Crippen LogP contribution in [0.25, 0.3) is 0 Å². The van der Waals surface area contributed by atoms with Gasteiger partial charge in [0.1, 0.15) is 5.82 Å². The Hall–Kier alpha value is -1.08. The van der Waals surface area contributed by atoms with Gasteiger partial charge in [-0.15, -0.1) is 0 Å². The fraction of sp³-hybridized carbons (Fsp3) is 0.400. The molecule has 70 valence electrons. The second-order valence-corrected chi connectivity index (χ2v) is 3.82. The van der Waals surface area contributed by atoms with Crippen LogP contribution >= 0.6 is 0 Å². The summed E-state index contributed by atoms with van der Waals surface area (Å²) in [6, 6.07) is 0. The zero-order chi connectivity index (χ0) is 9.78. The minimum absolute atomic E-state index is 0.0412. The van der Waals surface area contributed by atoms with Gasteiger partial charge in [-0.1, -0.05) is 6.58 Å². The molecule has 0 aliphatic carbocycles. The van der Waals surface area contributed by atoms with E-state index in [1.807, 2.05) is 4.72 Å². The van der Waals surface area contributed by atoms with E-state index in [1.54, 1.807) is 0 Å². The summed E-state index contributed by atoms with van der Waals surface area (Å²) in [4.78, 5) is 7.76. The highest BCUT2D eigenvalue weighted by Crippen LogP contribution is 1.90. The predicted molar refractivity (Wildman–Crippen MR) is 45.5 cm³/mol. The average molecular weight is 193 g/mol. The van der Waals surface area contributed by atoms with Crippen LogP contribution in [-0.2, 0) is 14.9 Å². The molecule has 0 atom stereocenters. The van der Waals surface area contributed by atoms with E-state index in [2.05, 4.69) is 16.4 Å². The van der Waals surface area contributed by atoms with Crippen LogP contribution in [0.15, 0.2) is 17.4 Å². The number of nitrogens with zero attached hydrogens (tertiary/aromatic N) is 1. The molecule has 0 aliphatic heterocycles. The van der Waals surface area contributed by atoms with Gasteiger partial charge in [-0.3, -0.25) is 4.72 Å². The lowest BCUT2D eigenvalue weighted by Gasteiger charge is -2.02. The molecule has 0 unspecified atom stereocenters. The van der Waals surface area contributed by atoms with E-state index in [1.165, 1.54) is 6.92 Å². The summed E-state index contributed by atoms with van der Waals surface area (Å²) >= 11 is 0. The van der Waals surface area contributed by atoms with Crippen LogP contribution in [-0.4, -0.2) is 20.6 Å². The first-order valence-electron chi connectivity index (χ1n) is 2.94. The number of hydrogen-bond donors (Lipinski definition) is 2. The van der Waals surface area contributed by atoms with Crippen molar-refractivity contribution in [2.24, 2.45) is 10.9 Å². The number of hydrogen-bond acceptors (Lipinski definition) is 5. The van der Waals surface area contributed by atoms with Crippen LogP contribution in [0.5, 0.6) is 0 Å². The van der Waals surface area contributed by atoms with Crippen LogP contribution in [0.3, 0.4) is 0 Å². The van der Waals surface area contributed by atoms with Crippen molar-refractivity contribution in [1.29, 1.82) is 0 Å². The standard InChI is InChI=1S/C5H11N3O3S/c1-4(7-5(2)11-6)8-12(3,9)10/h8H,1,6H2,2-3H3/b7-5-. The van der Waals surface area contributed by atoms with Gasteiger partial charge in [0, 0.05) is 6.92 Å². The molecule has 6 nitrogen and oxygen atoms in total. The molecule has 0 aromatic heterocycles. The summed E-state index contributed by atoms with van der Waals surface area (Å²) < 4.78 is 23.2. The van der Waals surface area contributed by atoms with Crippen molar-refractivity contribution in [1.82, 2.24) is 4.72 Å². The Morgan fingerprint density at radius 1 is 1.67 bits per heavy atom. The minimum Gasteiger partial charge on any atom is -0.396 e. The first-order valence-corrected chi connectivity index (χ1v) is 4.83. The molecule has 0 aromatic rings. The summed E-state index contributed by atoms with van der Waals surface area (Å²) in [5.41, 5.74) is 0. The third-order valence-electron chi connectivity index (χ3n) is 0.766. The minimum atomic E-state index is -3.33. The zero-order valence-corrected chi connectivity index (χ0v) is 7.68. The maximum atomic E-state index is 10.6. The van der Waals surface area contributed by atoms with Crippen LogP contribution < -0.4 is 10.6 Å². The Bertz CT molecular complexity index is 293. The first-order chi connectivity index (χ1) is 5.35. The summed E-state index contributed by atoms with van der Waals surface area (Å²) in [7, 11) is -3.33. The molecule has 0 amide bonds. The molecular weight excluding hydrogens is 182 g/mol. The molecule has 0 bridgehead atoms. The van der Waals surface area contributed by atoms with E-state index in [0.717, 1.165) is 6.26 Å². The van der Waals surface area contributed by atoms with Gasteiger partial charge in [0.25, 0.3) is 0 Å². The van der Waals surface area contributed by atoms with Crippen molar-refractivity contribution < 1.29 is 13.3 Å². The Kier molecular flexibility index (Phi) is 3.71. The van der Waals surface area contributed by atoms with E-state index in [-0.39, 0.29) is 11.7 Å². The van der Waals surface area contributed by atoms with Crippen LogP contribution in [0.1, 0.15) is 6.92 Å². The first kappa shape index (κ1) is 10.9. The normalized spacial score (nSPS) is 12.4. The largest absolute Gasteiger partial charge is 0.396 e. The highest BCUT2D eigenvalue weighted by atomic mass is 32.2. The molecule has 0 heterocycles. The van der Waals surface area contributed by atoms with E-state index >= 15 is 0 Å². The number of aliphatic imine (C=N–C) groups is 1. The number of sulfonamides is 1. The lowest BCUT2D eigenvalue weighted by Crippen LogP contribution is -2.20. The molecule has 7 heteroatoms. The van der Waals surface area contributed by atoms with E-state index in [9.17, 15) is 8.42 Å².